The van der Waals surface area contributed by atoms with Crippen LogP contribution in [-0.4, -0.2) is 134 Å². The highest BCUT2D eigenvalue weighted by Crippen LogP contribution is 2.32. The summed E-state index contributed by atoms with van der Waals surface area (Å²) in [6.07, 6.45) is 13.5. The summed E-state index contributed by atoms with van der Waals surface area (Å²) in [5.74, 6) is -3.36. The Kier molecular flexibility index (Phi) is 19.7. The predicted octanol–water partition coefficient (Wildman–Crippen LogP) is 1.67. The molecular formula is C52H72N10O8. The van der Waals surface area contributed by atoms with E-state index in [1.165, 1.54) is 20.9 Å². The van der Waals surface area contributed by atoms with Gasteiger partial charge in [-0.1, -0.05) is 72.8 Å². The zero-order valence-electron chi connectivity index (χ0n) is 41.0. The number of rotatable bonds is 21. The maximum absolute atomic E-state index is 14.1. The summed E-state index contributed by atoms with van der Waals surface area (Å²) in [5.41, 5.74) is 4.59. The van der Waals surface area contributed by atoms with Crippen molar-refractivity contribution in [1.82, 2.24) is 52.3 Å². The van der Waals surface area contributed by atoms with Gasteiger partial charge in [0, 0.05) is 26.2 Å². The lowest BCUT2D eigenvalue weighted by Gasteiger charge is -2.31. The standard InChI is InChI=1S/C52H72N10O8/c1-33(53-3)47(65)59-41(51(69)61-29-15-25-43(61)49(67)57-39-23-13-19-35-17-7-9-21-37(35)39)31-45(63)55-27-11-5-6-12-28-56-46(64)32-42(60-48(66)34(2)54-4)52(70)62-30-16-26-44(62)50(68)58-40-24-14-20-36-18-8-10-22-38(36)40/h5-12,17-18,21-22,33-34,39-44,53-54H,13-16,19-20,23-32H2,1-4H3,(H,55,63)(H,56,64)(H,57,67)(H,58,68)(H,59,65)(H,60,66)/b11-5+,12-6+/t33-,34-,39+,40+,41-,42-,43-,44-/m0/s1. The number of likely N-dealkylation sites (tertiary alicyclic amines) is 2. The third-order valence-electron chi connectivity index (χ3n) is 13.9. The highest BCUT2D eigenvalue weighted by atomic mass is 16.2. The van der Waals surface area contributed by atoms with Crippen LogP contribution in [0.5, 0.6) is 0 Å². The molecule has 18 heteroatoms. The Morgan fingerprint density at radius 1 is 0.571 bits per heavy atom. The molecule has 8 N–H and O–H groups in total. The lowest BCUT2D eigenvalue weighted by atomic mass is 9.87. The van der Waals surface area contributed by atoms with Gasteiger partial charge in [-0.05, 0) is 114 Å². The lowest BCUT2D eigenvalue weighted by molar-refractivity contribution is -0.143. The van der Waals surface area contributed by atoms with Gasteiger partial charge < -0.3 is 52.3 Å². The Morgan fingerprint density at radius 3 is 1.37 bits per heavy atom. The topological polar surface area (TPSA) is 239 Å². The van der Waals surface area contributed by atoms with E-state index < -0.39 is 71.7 Å². The van der Waals surface area contributed by atoms with Gasteiger partial charge in [-0.25, -0.2) is 0 Å². The van der Waals surface area contributed by atoms with Crippen LogP contribution in [0.3, 0.4) is 0 Å². The average Bonchev–Trinajstić information content (AvgIpc) is 4.08. The smallest absolute Gasteiger partial charge is 0.246 e. The van der Waals surface area contributed by atoms with Gasteiger partial charge in [0.15, 0.2) is 0 Å². The SMILES string of the molecule is CN[C@@H](C)C(=O)N[C@@H](CC(=O)NC/C=C/C=C/CNC(=O)C[C@H](NC(=O)[C@H](C)NC)C(=O)N1CCC[C@H]1C(=O)N[C@@H]1CCCc2ccccc21)C(=O)N1CCC[C@H]1C(=O)N[C@@H]1CCCc2ccccc21. The molecule has 2 aliphatic heterocycles. The number of nitrogens with one attached hydrogen (secondary N) is 8. The molecule has 2 aromatic rings. The Bertz CT molecular complexity index is 2110. The number of carbonyl (C=O) groups is 8. The van der Waals surface area contributed by atoms with Crippen molar-refractivity contribution < 1.29 is 38.4 Å². The summed E-state index contributed by atoms with van der Waals surface area (Å²) in [7, 11) is 3.23. The summed E-state index contributed by atoms with van der Waals surface area (Å²) in [6, 6.07) is 10.7. The normalized spacial score (nSPS) is 21.4. The molecule has 8 atom stereocenters. The van der Waals surface area contributed by atoms with E-state index in [4.69, 9.17) is 0 Å². The van der Waals surface area contributed by atoms with Crippen LogP contribution in [-0.2, 0) is 51.2 Å². The van der Waals surface area contributed by atoms with Gasteiger partial charge in [0.25, 0.3) is 0 Å². The van der Waals surface area contributed by atoms with E-state index in [9.17, 15) is 38.4 Å². The molecule has 8 amide bonds. The van der Waals surface area contributed by atoms with Gasteiger partial charge in [-0.2, -0.15) is 0 Å². The first-order valence-electron chi connectivity index (χ1n) is 25.0. The lowest BCUT2D eigenvalue weighted by Crippen LogP contribution is -2.56. The van der Waals surface area contributed by atoms with Gasteiger partial charge in [0.05, 0.1) is 37.0 Å². The van der Waals surface area contributed by atoms with Gasteiger partial charge in [0.2, 0.25) is 47.3 Å². The molecule has 0 unspecified atom stereocenters. The van der Waals surface area contributed by atoms with Crippen LogP contribution < -0.4 is 42.5 Å². The predicted molar refractivity (Wildman–Crippen MR) is 264 cm³/mol. The molecule has 2 heterocycles. The highest BCUT2D eigenvalue weighted by Gasteiger charge is 2.41. The molecule has 2 saturated heterocycles. The largest absolute Gasteiger partial charge is 0.353 e. The minimum atomic E-state index is -1.20. The van der Waals surface area contributed by atoms with Crippen LogP contribution in [0.4, 0.5) is 0 Å². The molecule has 0 saturated carbocycles. The molecule has 70 heavy (non-hydrogen) atoms. The molecule has 0 radical (unpaired) electrons. The molecule has 18 nitrogen and oxygen atoms in total. The van der Waals surface area contributed by atoms with Crippen LogP contribution >= 0.6 is 0 Å². The second-order valence-corrected chi connectivity index (χ2v) is 18.7. The van der Waals surface area contributed by atoms with Crippen molar-refractivity contribution in [2.24, 2.45) is 0 Å². The number of nitrogens with zero attached hydrogens (tertiary/aromatic N) is 2. The number of fused-ring (bicyclic) bond motifs is 2. The Morgan fingerprint density at radius 2 is 0.971 bits per heavy atom. The minimum absolute atomic E-state index is 0.104. The fourth-order valence-corrected chi connectivity index (χ4v) is 9.76. The van der Waals surface area contributed by atoms with Gasteiger partial charge in [0.1, 0.15) is 24.2 Å². The third-order valence-corrected chi connectivity index (χ3v) is 13.9. The second-order valence-electron chi connectivity index (χ2n) is 18.7. The molecule has 6 rings (SSSR count). The summed E-state index contributed by atoms with van der Waals surface area (Å²) in [6.45, 7) is 4.14. The summed E-state index contributed by atoms with van der Waals surface area (Å²) < 4.78 is 0. The molecule has 378 valence electrons. The summed E-state index contributed by atoms with van der Waals surface area (Å²) in [5, 5.41) is 23.0. The van der Waals surface area contributed by atoms with Gasteiger partial charge >= 0.3 is 0 Å². The van der Waals surface area contributed by atoms with E-state index in [0.717, 1.165) is 49.7 Å². The first kappa shape index (κ1) is 53.0. The van der Waals surface area contributed by atoms with Crippen molar-refractivity contribution in [2.45, 2.75) is 139 Å². The van der Waals surface area contributed by atoms with E-state index in [1.54, 1.807) is 52.2 Å². The average molecular weight is 965 g/mol. The van der Waals surface area contributed by atoms with Gasteiger partial charge in [-0.3, -0.25) is 38.4 Å². The quantitative estimate of drug-likeness (QED) is 0.0843. The number of amides is 8. The van der Waals surface area contributed by atoms with Crippen molar-refractivity contribution in [3.63, 3.8) is 0 Å². The first-order chi connectivity index (χ1) is 33.8. The molecule has 4 aliphatic rings. The number of carbonyl (C=O) groups excluding carboxylic acids is 8. The van der Waals surface area contributed by atoms with Crippen LogP contribution in [0.2, 0.25) is 0 Å². The van der Waals surface area contributed by atoms with Crippen molar-refractivity contribution in [3.05, 3.63) is 95.1 Å². The second kappa shape index (κ2) is 26.0. The number of allylic oxidation sites excluding steroid dienone is 2. The van der Waals surface area contributed by atoms with Crippen molar-refractivity contribution in [1.29, 1.82) is 0 Å². The molecule has 0 bridgehead atoms. The number of hydrogen-bond acceptors (Lipinski definition) is 10. The Labute approximate surface area is 411 Å². The van der Waals surface area contributed by atoms with Crippen LogP contribution in [0.25, 0.3) is 0 Å². The number of aryl methyl sites for hydroxylation is 2. The zero-order chi connectivity index (χ0) is 50.2. The maximum atomic E-state index is 14.1. The minimum Gasteiger partial charge on any atom is -0.353 e. The molecule has 2 fully saturated rings. The first-order valence-corrected chi connectivity index (χ1v) is 25.0. The monoisotopic (exact) mass is 965 g/mol. The molecule has 0 spiro atoms. The van der Waals surface area contributed by atoms with E-state index in [0.29, 0.717) is 38.8 Å². The third kappa shape index (κ3) is 14.1. The van der Waals surface area contributed by atoms with Crippen molar-refractivity contribution in [2.75, 3.05) is 40.3 Å². The van der Waals surface area contributed by atoms with E-state index >= 15 is 0 Å². The van der Waals surface area contributed by atoms with E-state index in [1.807, 2.05) is 36.4 Å². The molecular weight excluding hydrogens is 893 g/mol. The Balaban J connectivity index is 0.977. The number of benzene rings is 2. The fraction of sp³-hybridized carbons (Fsp3) is 0.538. The molecule has 2 aliphatic carbocycles. The summed E-state index contributed by atoms with van der Waals surface area (Å²) >= 11 is 0. The van der Waals surface area contributed by atoms with Crippen LogP contribution in [0, 0.1) is 0 Å². The van der Waals surface area contributed by atoms with E-state index in [2.05, 4.69) is 54.7 Å². The number of likely N-dealkylation sites (N-methyl/N-ethyl adjacent to an activating group) is 2. The summed E-state index contributed by atoms with van der Waals surface area (Å²) in [4.78, 5) is 111. The van der Waals surface area contributed by atoms with Crippen molar-refractivity contribution in [3.8, 4) is 0 Å². The highest BCUT2D eigenvalue weighted by molar-refractivity contribution is 5.97. The van der Waals surface area contributed by atoms with Crippen molar-refractivity contribution >= 4 is 47.3 Å². The maximum Gasteiger partial charge on any atom is 0.246 e. The number of hydrogen-bond donors (Lipinski definition) is 8. The van der Waals surface area contributed by atoms with Crippen LogP contribution in [0.15, 0.2) is 72.8 Å². The molecule has 0 aromatic heterocycles. The zero-order valence-corrected chi connectivity index (χ0v) is 41.0. The fourth-order valence-electron chi connectivity index (χ4n) is 9.76. The van der Waals surface area contributed by atoms with E-state index in [-0.39, 0.29) is 49.8 Å². The van der Waals surface area contributed by atoms with Gasteiger partial charge in [-0.15, -0.1) is 0 Å². The van der Waals surface area contributed by atoms with Crippen LogP contribution in [0.1, 0.15) is 112 Å². The molecule has 2 aromatic carbocycles. The Hall–Kier alpha value is -6.40.